The third-order valence-corrected chi connectivity index (χ3v) is 2.48. The fraction of sp³-hybridized carbons (Fsp3) is 0.455. The molecule has 0 saturated heterocycles. The van der Waals surface area contributed by atoms with Gasteiger partial charge in [0.1, 0.15) is 6.10 Å². The molecule has 2 atom stereocenters. The van der Waals surface area contributed by atoms with Crippen LogP contribution in [0.25, 0.3) is 10.4 Å². The van der Waals surface area contributed by atoms with Crippen LogP contribution in [0.15, 0.2) is 29.4 Å². The first-order valence-electron chi connectivity index (χ1n) is 5.31. The van der Waals surface area contributed by atoms with Gasteiger partial charge in [0, 0.05) is 17.0 Å². The molecule has 1 aromatic carbocycles. The van der Waals surface area contributed by atoms with E-state index in [1.807, 2.05) is 0 Å². The quantitative estimate of drug-likeness (QED) is 0.466. The Morgan fingerprint density at radius 1 is 1.17 bits per heavy atom. The van der Waals surface area contributed by atoms with Gasteiger partial charge in [-0.05, 0) is 17.5 Å². The molecule has 0 aliphatic carbocycles. The van der Waals surface area contributed by atoms with Crippen LogP contribution in [0.2, 0.25) is 0 Å². The van der Waals surface area contributed by atoms with Crippen molar-refractivity contribution in [1.82, 2.24) is 0 Å². The minimum absolute atomic E-state index is 0.0594. The molecule has 0 amide bonds. The number of nitrogens with zero attached hydrogens (tertiary/aromatic N) is 3. The average molecular weight is 257 g/mol. The van der Waals surface area contributed by atoms with Gasteiger partial charge < -0.3 is 10.2 Å². The maximum atomic E-state index is 12.3. The molecule has 0 bridgehead atoms. The number of alkyl halides is 2. The molecular formula is C11H13F2N3O2. The van der Waals surface area contributed by atoms with Crippen LogP contribution in [0.3, 0.4) is 0 Å². The molecule has 0 heterocycles. The molecule has 1 rings (SSSR count). The first kappa shape index (κ1) is 14.4. The monoisotopic (exact) mass is 257 g/mol. The van der Waals surface area contributed by atoms with Crippen LogP contribution in [0, 0.1) is 0 Å². The van der Waals surface area contributed by atoms with Gasteiger partial charge in [-0.3, -0.25) is 0 Å². The van der Waals surface area contributed by atoms with Crippen LogP contribution in [0.1, 0.15) is 30.1 Å². The minimum atomic E-state index is -2.56. The van der Waals surface area contributed by atoms with Crippen molar-refractivity contribution in [2.45, 2.75) is 25.1 Å². The summed E-state index contributed by atoms with van der Waals surface area (Å²) in [6.07, 6.45) is -4.76. The molecule has 0 aromatic heterocycles. The van der Waals surface area contributed by atoms with E-state index in [-0.39, 0.29) is 18.5 Å². The molecule has 2 unspecified atom stereocenters. The Balaban J connectivity index is 2.65. The van der Waals surface area contributed by atoms with Crippen molar-refractivity contribution in [3.63, 3.8) is 0 Å². The normalized spacial score (nSPS) is 14.1. The summed E-state index contributed by atoms with van der Waals surface area (Å²) < 4.78 is 24.6. The molecule has 0 fully saturated rings. The zero-order valence-corrected chi connectivity index (χ0v) is 9.45. The van der Waals surface area contributed by atoms with Crippen molar-refractivity contribution in [3.8, 4) is 0 Å². The van der Waals surface area contributed by atoms with Crippen LogP contribution in [0.5, 0.6) is 0 Å². The highest BCUT2D eigenvalue weighted by Gasteiger charge is 2.18. The highest BCUT2D eigenvalue weighted by molar-refractivity contribution is 5.25. The number of rotatable bonds is 6. The highest BCUT2D eigenvalue weighted by atomic mass is 19.3. The van der Waals surface area contributed by atoms with E-state index in [0.717, 1.165) is 0 Å². The van der Waals surface area contributed by atoms with Gasteiger partial charge in [-0.25, -0.2) is 8.78 Å². The Labute approximate surface area is 102 Å². The molecule has 18 heavy (non-hydrogen) atoms. The lowest BCUT2D eigenvalue weighted by Gasteiger charge is -2.17. The lowest BCUT2D eigenvalue weighted by atomic mass is 10.0. The Morgan fingerprint density at radius 3 is 2.22 bits per heavy atom. The SMILES string of the molecule is [N-]=[N+]=NCCC(O)C(O)c1ccc(C(F)F)cc1. The molecule has 7 heteroatoms. The number of hydrogen-bond acceptors (Lipinski definition) is 3. The van der Waals surface area contributed by atoms with Gasteiger partial charge in [-0.15, -0.1) is 0 Å². The third kappa shape index (κ3) is 3.96. The van der Waals surface area contributed by atoms with Gasteiger partial charge in [0.25, 0.3) is 6.43 Å². The van der Waals surface area contributed by atoms with Crippen LogP contribution in [0.4, 0.5) is 8.78 Å². The Bertz CT molecular complexity index is 419. The zero-order valence-electron chi connectivity index (χ0n) is 9.45. The standard InChI is InChI=1S/C11H13F2N3O2/c12-11(13)8-3-1-7(2-4-8)10(18)9(17)5-6-15-16-14/h1-4,9-11,17-18H,5-6H2. The number of aliphatic hydroxyl groups is 2. The van der Waals surface area contributed by atoms with E-state index in [1.165, 1.54) is 24.3 Å². The van der Waals surface area contributed by atoms with Crippen LogP contribution >= 0.6 is 0 Å². The first-order chi connectivity index (χ1) is 8.56. The molecule has 2 N–H and O–H groups in total. The third-order valence-electron chi connectivity index (χ3n) is 2.48. The number of azide groups is 1. The predicted octanol–water partition coefficient (Wildman–Crippen LogP) is 2.72. The summed E-state index contributed by atoms with van der Waals surface area (Å²) in [4.78, 5) is 2.52. The van der Waals surface area contributed by atoms with Gasteiger partial charge >= 0.3 is 0 Å². The molecular weight excluding hydrogens is 244 g/mol. The molecule has 1 aromatic rings. The van der Waals surface area contributed by atoms with Gasteiger partial charge in [0.15, 0.2) is 0 Å². The van der Waals surface area contributed by atoms with Crippen LogP contribution in [-0.4, -0.2) is 22.9 Å². The van der Waals surface area contributed by atoms with Gasteiger partial charge in [-0.2, -0.15) is 0 Å². The van der Waals surface area contributed by atoms with E-state index in [9.17, 15) is 19.0 Å². The summed E-state index contributed by atoms with van der Waals surface area (Å²) in [5, 5.41) is 22.6. The molecule has 0 aliphatic rings. The minimum Gasteiger partial charge on any atom is -0.390 e. The summed E-state index contributed by atoms with van der Waals surface area (Å²) in [7, 11) is 0. The fourth-order valence-electron chi connectivity index (χ4n) is 1.45. The largest absolute Gasteiger partial charge is 0.390 e. The maximum Gasteiger partial charge on any atom is 0.263 e. The van der Waals surface area contributed by atoms with E-state index in [0.29, 0.717) is 5.56 Å². The zero-order chi connectivity index (χ0) is 13.5. The highest BCUT2D eigenvalue weighted by Crippen LogP contribution is 2.23. The average Bonchev–Trinajstić information content (AvgIpc) is 2.38. The molecule has 98 valence electrons. The van der Waals surface area contributed by atoms with E-state index < -0.39 is 18.6 Å². The second-order valence-corrected chi connectivity index (χ2v) is 3.72. The number of halogens is 2. The molecule has 0 radical (unpaired) electrons. The van der Waals surface area contributed by atoms with E-state index >= 15 is 0 Å². The van der Waals surface area contributed by atoms with Crippen molar-refractivity contribution in [2.24, 2.45) is 5.11 Å². The second kappa shape index (κ2) is 6.90. The van der Waals surface area contributed by atoms with Crippen molar-refractivity contribution < 1.29 is 19.0 Å². The Kier molecular flexibility index (Phi) is 5.51. The van der Waals surface area contributed by atoms with Crippen molar-refractivity contribution in [1.29, 1.82) is 0 Å². The summed E-state index contributed by atoms with van der Waals surface area (Å²) in [5.74, 6) is 0. The maximum absolute atomic E-state index is 12.3. The topological polar surface area (TPSA) is 89.2 Å². The predicted molar refractivity (Wildman–Crippen MR) is 61.0 cm³/mol. The fourth-order valence-corrected chi connectivity index (χ4v) is 1.45. The smallest absolute Gasteiger partial charge is 0.263 e. The molecule has 0 saturated carbocycles. The number of aliphatic hydroxyl groups excluding tert-OH is 2. The van der Waals surface area contributed by atoms with Gasteiger partial charge in [0.05, 0.1) is 6.10 Å². The van der Waals surface area contributed by atoms with Gasteiger partial charge in [0.2, 0.25) is 0 Å². The van der Waals surface area contributed by atoms with Crippen LogP contribution in [-0.2, 0) is 0 Å². The number of benzene rings is 1. The summed E-state index contributed by atoms with van der Waals surface area (Å²) >= 11 is 0. The van der Waals surface area contributed by atoms with Crippen LogP contribution < -0.4 is 0 Å². The van der Waals surface area contributed by atoms with Gasteiger partial charge in [-0.1, -0.05) is 29.4 Å². The van der Waals surface area contributed by atoms with Crippen molar-refractivity contribution in [3.05, 3.63) is 45.8 Å². The van der Waals surface area contributed by atoms with E-state index in [1.54, 1.807) is 0 Å². The summed E-state index contributed by atoms with van der Waals surface area (Å²) in [6, 6.07) is 5.07. The molecule has 5 nitrogen and oxygen atoms in total. The lowest BCUT2D eigenvalue weighted by molar-refractivity contribution is 0.0150. The first-order valence-corrected chi connectivity index (χ1v) is 5.31. The summed E-state index contributed by atoms with van der Waals surface area (Å²) in [6.45, 7) is 0.0594. The molecule has 0 spiro atoms. The molecule has 0 aliphatic heterocycles. The van der Waals surface area contributed by atoms with Crippen molar-refractivity contribution >= 4 is 0 Å². The van der Waals surface area contributed by atoms with E-state index in [4.69, 9.17) is 5.53 Å². The Hall–Kier alpha value is -1.69. The Morgan fingerprint density at radius 2 is 1.72 bits per heavy atom. The number of hydrogen-bond donors (Lipinski definition) is 2. The second-order valence-electron chi connectivity index (χ2n) is 3.72. The van der Waals surface area contributed by atoms with E-state index in [2.05, 4.69) is 10.0 Å². The van der Waals surface area contributed by atoms with Crippen molar-refractivity contribution in [2.75, 3.05) is 6.54 Å². The summed E-state index contributed by atoms with van der Waals surface area (Å²) in [5.41, 5.74) is 8.26. The lowest BCUT2D eigenvalue weighted by Crippen LogP contribution is -2.19.